The number of nitrogens with one attached hydrogen (secondary N) is 1. The zero-order valence-corrected chi connectivity index (χ0v) is 23.8. The lowest BCUT2D eigenvalue weighted by atomic mass is 10.1. The third-order valence-corrected chi connectivity index (χ3v) is 6.57. The summed E-state index contributed by atoms with van der Waals surface area (Å²) in [5.41, 5.74) is -2.08. The number of carbonyl (C=O) groups excluding carboxylic acids is 3. The summed E-state index contributed by atoms with van der Waals surface area (Å²) in [6.07, 6.45) is -3.60. The lowest BCUT2D eigenvalue weighted by Crippen LogP contribution is -2.54. The molecule has 1 fully saturated rings. The van der Waals surface area contributed by atoms with Gasteiger partial charge in [0.25, 0.3) is 11.8 Å². The first kappa shape index (κ1) is 30.3. The van der Waals surface area contributed by atoms with Crippen molar-refractivity contribution in [3.8, 4) is 23.0 Å². The number of methoxy groups -OCH3 is 1. The van der Waals surface area contributed by atoms with Gasteiger partial charge in [-0.05, 0) is 89.7 Å². The molecular formula is C27H19F3IN3O8. The molecule has 3 aromatic carbocycles. The van der Waals surface area contributed by atoms with Crippen LogP contribution in [0.4, 0.5) is 29.3 Å². The zero-order chi connectivity index (χ0) is 30.8. The molecule has 0 aliphatic carbocycles. The molecule has 0 aromatic heterocycles. The molecule has 0 unspecified atom stereocenters. The van der Waals surface area contributed by atoms with Crippen molar-refractivity contribution in [2.24, 2.45) is 0 Å². The fraction of sp³-hybridized carbons (Fsp3) is 0.148. The number of ether oxygens (including phenoxy) is 3. The second-order valence-corrected chi connectivity index (χ2v) is 9.62. The highest BCUT2D eigenvalue weighted by atomic mass is 127. The molecule has 4 rings (SSSR count). The van der Waals surface area contributed by atoms with Gasteiger partial charge in [0.05, 0.1) is 33.5 Å². The van der Waals surface area contributed by atoms with Crippen LogP contribution in [0.5, 0.6) is 23.0 Å². The highest BCUT2D eigenvalue weighted by Crippen LogP contribution is 2.42. The number of alkyl halides is 3. The second kappa shape index (κ2) is 12.1. The van der Waals surface area contributed by atoms with Crippen LogP contribution in [0, 0.1) is 13.7 Å². The Morgan fingerprint density at radius 2 is 1.74 bits per heavy atom. The molecule has 218 valence electrons. The Kier molecular flexibility index (Phi) is 8.70. The largest absolute Gasteiger partial charge is 0.494 e. The predicted molar refractivity (Wildman–Crippen MR) is 150 cm³/mol. The van der Waals surface area contributed by atoms with Crippen molar-refractivity contribution in [1.82, 2.24) is 5.32 Å². The number of halogens is 4. The molecule has 3 aromatic rings. The molecule has 15 heteroatoms. The monoisotopic (exact) mass is 697 g/mol. The third-order valence-electron chi connectivity index (χ3n) is 5.77. The molecule has 0 saturated carbocycles. The van der Waals surface area contributed by atoms with Gasteiger partial charge in [0.2, 0.25) is 5.75 Å². The van der Waals surface area contributed by atoms with Crippen molar-refractivity contribution < 1.29 is 46.7 Å². The van der Waals surface area contributed by atoms with E-state index in [1.54, 1.807) is 41.6 Å². The number of imide groups is 2. The smallest absolute Gasteiger partial charge is 0.416 e. The van der Waals surface area contributed by atoms with E-state index in [1.807, 2.05) is 0 Å². The number of hydrogen-bond donors (Lipinski definition) is 1. The van der Waals surface area contributed by atoms with Gasteiger partial charge >= 0.3 is 17.9 Å². The quantitative estimate of drug-likeness (QED) is 0.0983. The summed E-state index contributed by atoms with van der Waals surface area (Å²) in [6.45, 7) is 2.21. The van der Waals surface area contributed by atoms with Gasteiger partial charge in [-0.25, -0.2) is 9.69 Å². The van der Waals surface area contributed by atoms with E-state index in [2.05, 4.69) is 5.32 Å². The van der Waals surface area contributed by atoms with E-state index in [4.69, 9.17) is 14.2 Å². The Balaban J connectivity index is 1.69. The van der Waals surface area contributed by atoms with Gasteiger partial charge in [0.1, 0.15) is 11.3 Å². The lowest BCUT2D eigenvalue weighted by molar-refractivity contribution is -0.385. The maximum atomic E-state index is 13.3. The maximum absolute atomic E-state index is 13.3. The first-order valence-corrected chi connectivity index (χ1v) is 13.0. The molecule has 1 N–H and O–H groups in total. The number of nitro groups is 1. The summed E-state index contributed by atoms with van der Waals surface area (Å²) >= 11 is 1.80. The molecule has 1 aliphatic rings. The van der Waals surface area contributed by atoms with Gasteiger partial charge in [-0.3, -0.25) is 25.0 Å². The van der Waals surface area contributed by atoms with Gasteiger partial charge in [0, 0.05) is 6.07 Å². The Hall–Kier alpha value is -4.67. The average molecular weight is 697 g/mol. The molecule has 0 bridgehead atoms. The summed E-state index contributed by atoms with van der Waals surface area (Å²) in [5, 5.41) is 13.6. The molecule has 11 nitrogen and oxygen atoms in total. The highest BCUT2D eigenvalue weighted by Gasteiger charge is 2.37. The fourth-order valence-corrected chi connectivity index (χ4v) is 4.61. The number of amides is 4. The summed E-state index contributed by atoms with van der Waals surface area (Å²) in [5.74, 6) is -1.87. The van der Waals surface area contributed by atoms with Crippen LogP contribution < -0.4 is 24.4 Å². The lowest BCUT2D eigenvalue weighted by Gasteiger charge is -2.26. The SMILES string of the molecule is CCOc1ccc(N2C(=O)NC(=O)/C(=C\c3cc(I)c(Oc4ccc(C(F)(F)F)cc4[N+](=O)[O-])c(OC)c3)C2=O)cc1. The van der Waals surface area contributed by atoms with Crippen LogP contribution in [0.25, 0.3) is 6.08 Å². The zero-order valence-electron chi connectivity index (χ0n) is 21.7. The van der Waals surface area contributed by atoms with E-state index >= 15 is 0 Å². The Morgan fingerprint density at radius 1 is 1.05 bits per heavy atom. The number of barbiturate groups is 1. The van der Waals surface area contributed by atoms with Crippen LogP contribution in [0.1, 0.15) is 18.1 Å². The van der Waals surface area contributed by atoms with Crippen molar-refractivity contribution >= 4 is 57.9 Å². The van der Waals surface area contributed by atoms with E-state index in [0.717, 1.165) is 11.0 Å². The van der Waals surface area contributed by atoms with Gasteiger partial charge in [-0.2, -0.15) is 13.2 Å². The van der Waals surface area contributed by atoms with Crippen molar-refractivity contribution in [2.45, 2.75) is 13.1 Å². The molecule has 0 spiro atoms. The van der Waals surface area contributed by atoms with Gasteiger partial charge < -0.3 is 14.2 Å². The van der Waals surface area contributed by atoms with Gasteiger partial charge in [-0.1, -0.05) is 0 Å². The van der Waals surface area contributed by atoms with Crippen LogP contribution in [0.2, 0.25) is 0 Å². The van der Waals surface area contributed by atoms with E-state index in [9.17, 15) is 37.7 Å². The molecular weight excluding hydrogens is 678 g/mol. The molecule has 1 saturated heterocycles. The molecule has 4 amide bonds. The van der Waals surface area contributed by atoms with Crippen molar-refractivity contribution in [2.75, 3.05) is 18.6 Å². The van der Waals surface area contributed by atoms with Crippen molar-refractivity contribution in [3.05, 3.63) is 85.0 Å². The minimum Gasteiger partial charge on any atom is -0.494 e. The summed E-state index contributed by atoms with van der Waals surface area (Å²) in [6, 6.07) is 9.76. The first-order chi connectivity index (χ1) is 19.8. The van der Waals surface area contributed by atoms with Crippen molar-refractivity contribution in [1.29, 1.82) is 0 Å². The summed E-state index contributed by atoms with van der Waals surface area (Å²) in [7, 11) is 1.25. The normalized spacial score (nSPS) is 14.6. The Labute approximate surface area is 249 Å². The Morgan fingerprint density at radius 3 is 2.33 bits per heavy atom. The highest BCUT2D eigenvalue weighted by molar-refractivity contribution is 14.1. The first-order valence-electron chi connectivity index (χ1n) is 11.9. The summed E-state index contributed by atoms with van der Waals surface area (Å²) in [4.78, 5) is 49.6. The van der Waals surface area contributed by atoms with Crippen LogP contribution in [-0.2, 0) is 15.8 Å². The number of hydrogen-bond acceptors (Lipinski definition) is 8. The Bertz CT molecular complexity index is 1620. The standard InChI is InChI=1S/C27H19F3IN3O8/c1-3-41-17-7-5-16(6-8-17)33-25(36)18(24(35)32-26(33)37)10-14-11-19(31)23(22(12-14)40-2)42-21-9-4-15(27(28,29)30)13-20(21)34(38)39/h4-13H,3H2,1-2H3,(H,32,35,37)/b18-10+. The topological polar surface area (TPSA) is 137 Å². The van der Waals surface area contributed by atoms with E-state index in [0.29, 0.717) is 24.5 Å². The van der Waals surface area contributed by atoms with Gasteiger partial charge in [0.15, 0.2) is 11.5 Å². The second-order valence-electron chi connectivity index (χ2n) is 8.46. The number of rotatable bonds is 8. The molecule has 1 heterocycles. The summed E-state index contributed by atoms with van der Waals surface area (Å²) < 4.78 is 55.8. The average Bonchev–Trinajstić information content (AvgIpc) is 2.92. The number of nitro benzene ring substituents is 1. The van der Waals surface area contributed by atoms with Gasteiger partial charge in [-0.15, -0.1) is 0 Å². The number of benzene rings is 3. The van der Waals surface area contributed by atoms with Crippen LogP contribution in [0.3, 0.4) is 0 Å². The molecule has 42 heavy (non-hydrogen) atoms. The third kappa shape index (κ3) is 6.29. The maximum Gasteiger partial charge on any atom is 0.416 e. The minimum atomic E-state index is -4.81. The number of urea groups is 1. The fourth-order valence-electron chi connectivity index (χ4n) is 3.87. The van der Waals surface area contributed by atoms with E-state index in [1.165, 1.54) is 37.5 Å². The van der Waals surface area contributed by atoms with E-state index < -0.39 is 45.9 Å². The minimum absolute atomic E-state index is 0.00828. The predicted octanol–water partition coefficient (Wildman–Crippen LogP) is 6.08. The van der Waals surface area contributed by atoms with Crippen LogP contribution in [-0.4, -0.2) is 36.5 Å². The number of anilines is 1. The molecule has 0 atom stereocenters. The van der Waals surface area contributed by atoms with Crippen molar-refractivity contribution in [3.63, 3.8) is 0 Å². The molecule has 1 aliphatic heterocycles. The number of carbonyl (C=O) groups is 3. The van der Waals surface area contributed by atoms with Crippen LogP contribution >= 0.6 is 22.6 Å². The van der Waals surface area contributed by atoms with Crippen LogP contribution in [0.15, 0.2) is 60.2 Å². The van der Waals surface area contributed by atoms with E-state index in [-0.39, 0.29) is 31.9 Å². The molecule has 0 radical (unpaired) electrons. The number of nitrogens with zero attached hydrogens (tertiary/aromatic N) is 2.